The van der Waals surface area contributed by atoms with Crippen LogP contribution in [0, 0.1) is 11.3 Å². The molecule has 6 nitrogen and oxygen atoms in total. The number of halogens is 8. The van der Waals surface area contributed by atoms with Gasteiger partial charge in [0.25, 0.3) is 0 Å². The molecule has 1 saturated carbocycles. The van der Waals surface area contributed by atoms with Crippen molar-refractivity contribution in [1.82, 2.24) is 4.90 Å². The average Bonchev–Trinajstić information content (AvgIpc) is 3.46. The Morgan fingerprint density at radius 1 is 0.917 bits per heavy atom. The molecule has 0 aromatic heterocycles. The van der Waals surface area contributed by atoms with E-state index in [0.717, 1.165) is 12.1 Å². The molecule has 1 aliphatic carbocycles. The van der Waals surface area contributed by atoms with Gasteiger partial charge in [-0.1, -0.05) is 53.2 Å². The topological polar surface area (TPSA) is 80.8 Å². The van der Waals surface area contributed by atoms with Gasteiger partial charge in [0.05, 0.1) is 10.8 Å². The number of alkyl halides is 7. The molecule has 0 radical (unpaired) electrons. The Morgan fingerprint density at radius 2 is 1.48 bits per heavy atom. The Labute approximate surface area is 283 Å². The summed E-state index contributed by atoms with van der Waals surface area (Å²) in [4.78, 5) is 28.1. The number of likely N-dealkylation sites (tertiary alicyclic amines) is 1. The smallest absolute Gasteiger partial charge is 0.435 e. The summed E-state index contributed by atoms with van der Waals surface area (Å²) in [5, 5.41) is 0. The first-order valence-corrected chi connectivity index (χ1v) is 17.7. The first-order valence-electron chi connectivity index (χ1n) is 15.4. The van der Waals surface area contributed by atoms with Crippen LogP contribution in [0.1, 0.15) is 77.3 Å². The van der Waals surface area contributed by atoms with Gasteiger partial charge >= 0.3 is 24.0 Å². The maximum Gasteiger partial charge on any atom is 0.435 e. The quantitative estimate of drug-likeness (QED) is 0.208. The van der Waals surface area contributed by atoms with Gasteiger partial charge in [0.15, 0.2) is 9.84 Å². The van der Waals surface area contributed by atoms with E-state index in [2.05, 4.69) is 15.9 Å². The summed E-state index contributed by atoms with van der Waals surface area (Å²) in [5.74, 6) is -1.13. The molecule has 1 unspecified atom stereocenters. The first-order chi connectivity index (χ1) is 21.9. The van der Waals surface area contributed by atoms with Crippen LogP contribution in [-0.4, -0.2) is 56.2 Å². The number of rotatable bonds is 7. The Balaban J connectivity index is 1.73. The van der Waals surface area contributed by atoms with Crippen molar-refractivity contribution in [2.45, 2.75) is 99.5 Å². The van der Waals surface area contributed by atoms with Gasteiger partial charge in [0.2, 0.25) is 5.91 Å². The molecule has 1 saturated heterocycles. The maximum absolute atomic E-state index is 14.8. The number of sulfone groups is 1. The lowest BCUT2D eigenvalue weighted by Crippen LogP contribution is -2.50. The highest BCUT2D eigenvalue weighted by Crippen LogP contribution is 2.54. The molecule has 0 bridgehead atoms. The van der Waals surface area contributed by atoms with Crippen molar-refractivity contribution in [3.05, 3.63) is 64.1 Å². The van der Waals surface area contributed by atoms with Crippen LogP contribution in [0.4, 0.5) is 30.7 Å². The van der Waals surface area contributed by atoms with E-state index >= 15 is 0 Å². The number of carbonyl (C=O) groups excluding carboxylic acids is 2. The SMILES string of the molecule is CC[C@]1(C(=O)N2CCC(c3ccc(C(F)(C(F)(F)F)C(F)(F)F)cc3)(S(=O)(=O)c3cccc(Br)c3)C2)CC[C@@H](C(=O)OC(C)(C)C)CC1. The minimum atomic E-state index is -6.35. The zero-order valence-corrected chi connectivity index (χ0v) is 29.2. The van der Waals surface area contributed by atoms with Gasteiger partial charge in [-0.25, -0.2) is 12.8 Å². The zero-order valence-electron chi connectivity index (χ0n) is 26.8. The molecule has 4 rings (SSSR count). The molecule has 1 atom stereocenters. The fraction of sp³-hybridized carbons (Fsp3) is 0.576. The highest BCUT2D eigenvalue weighted by atomic mass is 79.9. The number of nitrogens with zero attached hydrogens (tertiary/aromatic N) is 1. The second-order valence-corrected chi connectivity index (χ2v) is 16.8. The molecule has 266 valence electrons. The molecule has 1 heterocycles. The van der Waals surface area contributed by atoms with E-state index in [1.165, 1.54) is 23.1 Å². The fourth-order valence-electron chi connectivity index (χ4n) is 6.76. The summed E-state index contributed by atoms with van der Waals surface area (Å²) in [6.07, 6.45) is -11.1. The van der Waals surface area contributed by atoms with Crippen LogP contribution in [0.2, 0.25) is 0 Å². The van der Waals surface area contributed by atoms with Gasteiger partial charge < -0.3 is 9.64 Å². The summed E-state index contributed by atoms with van der Waals surface area (Å²) in [6, 6.07) is 7.73. The molecular formula is C33H37BrF7NO5S. The number of hydrogen-bond acceptors (Lipinski definition) is 5. The van der Waals surface area contributed by atoms with Gasteiger partial charge in [-0.3, -0.25) is 9.59 Å². The molecule has 48 heavy (non-hydrogen) atoms. The second kappa shape index (κ2) is 12.9. The standard InChI is InChI=1S/C33H37BrF7NO5S/c1-5-29(15-13-21(14-16-29)26(43)47-28(2,3)4)27(44)42-18-17-30(20-42,48(45,46)25-8-6-7-24(34)19-25)22-9-11-23(12-10-22)31(35,32(36,37)38)33(39,40)41/h6-12,19,21H,5,13-18,20H2,1-4H3/t21-,29+,30?. The van der Waals surface area contributed by atoms with E-state index in [1.54, 1.807) is 26.8 Å². The van der Waals surface area contributed by atoms with Crippen molar-refractivity contribution < 1.29 is 53.5 Å². The van der Waals surface area contributed by atoms with Crippen LogP contribution in [0.3, 0.4) is 0 Å². The average molecular weight is 773 g/mol. The maximum atomic E-state index is 14.8. The number of benzene rings is 2. The van der Waals surface area contributed by atoms with E-state index in [4.69, 9.17) is 4.74 Å². The number of carbonyl (C=O) groups is 2. The molecule has 2 aliphatic rings. The molecule has 1 aliphatic heterocycles. The van der Waals surface area contributed by atoms with Crippen LogP contribution in [0.15, 0.2) is 57.9 Å². The Bertz CT molecular complexity index is 1620. The van der Waals surface area contributed by atoms with Gasteiger partial charge in [0, 0.05) is 28.5 Å². The normalized spacial score (nSPS) is 24.4. The minimum Gasteiger partial charge on any atom is -0.460 e. The van der Waals surface area contributed by atoms with E-state index < -0.39 is 61.6 Å². The van der Waals surface area contributed by atoms with Crippen LogP contribution >= 0.6 is 15.9 Å². The lowest BCUT2D eigenvalue weighted by molar-refractivity contribution is -0.348. The van der Waals surface area contributed by atoms with Gasteiger partial charge in [-0.05, 0) is 83.1 Å². The molecule has 15 heteroatoms. The Hall–Kier alpha value is -2.68. The van der Waals surface area contributed by atoms with Crippen molar-refractivity contribution in [3.63, 3.8) is 0 Å². The highest BCUT2D eigenvalue weighted by Gasteiger charge is 2.73. The lowest BCUT2D eigenvalue weighted by Gasteiger charge is -2.41. The van der Waals surface area contributed by atoms with Crippen LogP contribution < -0.4 is 0 Å². The van der Waals surface area contributed by atoms with Gasteiger partial charge in [-0.15, -0.1) is 0 Å². The van der Waals surface area contributed by atoms with Crippen molar-refractivity contribution >= 4 is 37.6 Å². The van der Waals surface area contributed by atoms with Crippen LogP contribution in [0.5, 0.6) is 0 Å². The van der Waals surface area contributed by atoms with Crippen molar-refractivity contribution in [2.75, 3.05) is 13.1 Å². The van der Waals surface area contributed by atoms with Gasteiger partial charge in [-0.2, -0.15) is 26.3 Å². The van der Waals surface area contributed by atoms with Crippen molar-refractivity contribution in [2.24, 2.45) is 11.3 Å². The van der Waals surface area contributed by atoms with E-state index in [9.17, 15) is 48.7 Å². The first kappa shape index (κ1) is 38.1. The number of esters is 1. The number of amides is 1. The Morgan fingerprint density at radius 3 is 1.96 bits per heavy atom. The van der Waals surface area contributed by atoms with Crippen LogP contribution in [-0.2, 0) is 34.6 Å². The highest BCUT2D eigenvalue weighted by molar-refractivity contribution is 9.10. The summed E-state index contributed by atoms with van der Waals surface area (Å²) in [5.41, 5.74) is -9.25. The molecule has 0 N–H and O–H groups in total. The summed E-state index contributed by atoms with van der Waals surface area (Å²) < 4.78 is 128. The third kappa shape index (κ3) is 6.74. The predicted octanol–water partition coefficient (Wildman–Crippen LogP) is 8.57. The van der Waals surface area contributed by atoms with Crippen molar-refractivity contribution in [3.8, 4) is 0 Å². The second-order valence-electron chi connectivity index (χ2n) is 13.6. The zero-order chi connectivity index (χ0) is 36.1. The number of hydrogen-bond donors (Lipinski definition) is 0. The lowest BCUT2D eigenvalue weighted by atomic mass is 9.68. The molecule has 1 amide bonds. The summed E-state index contributed by atoms with van der Waals surface area (Å²) in [7, 11) is -4.47. The van der Waals surface area contributed by atoms with E-state index in [-0.39, 0.29) is 35.3 Å². The molecule has 2 fully saturated rings. The summed E-state index contributed by atoms with van der Waals surface area (Å²) >= 11 is 3.22. The number of ether oxygens (including phenoxy) is 1. The summed E-state index contributed by atoms with van der Waals surface area (Å²) in [6.45, 7) is 6.55. The fourth-order valence-corrected chi connectivity index (χ4v) is 9.44. The Kier molecular flexibility index (Phi) is 10.2. The monoisotopic (exact) mass is 771 g/mol. The van der Waals surface area contributed by atoms with E-state index in [1.807, 2.05) is 6.92 Å². The molecule has 2 aromatic carbocycles. The third-order valence-corrected chi connectivity index (χ3v) is 12.5. The van der Waals surface area contributed by atoms with Crippen LogP contribution in [0.25, 0.3) is 0 Å². The molecule has 2 aromatic rings. The van der Waals surface area contributed by atoms with Gasteiger partial charge in [0.1, 0.15) is 10.3 Å². The molecule has 0 spiro atoms. The third-order valence-electron chi connectivity index (χ3n) is 9.54. The minimum absolute atomic E-state index is 0.0801. The van der Waals surface area contributed by atoms with E-state index in [0.29, 0.717) is 48.7 Å². The largest absolute Gasteiger partial charge is 0.460 e. The molecular weight excluding hydrogens is 735 g/mol. The van der Waals surface area contributed by atoms with Crippen molar-refractivity contribution in [1.29, 1.82) is 0 Å². The predicted molar refractivity (Wildman–Crippen MR) is 166 cm³/mol.